The van der Waals surface area contributed by atoms with Gasteiger partial charge in [0.25, 0.3) is 0 Å². The van der Waals surface area contributed by atoms with E-state index in [0.29, 0.717) is 22.6 Å². The predicted octanol–water partition coefficient (Wildman–Crippen LogP) is 4.70. The van der Waals surface area contributed by atoms with Gasteiger partial charge in [0, 0.05) is 15.6 Å². The van der Waals surface area contributed by atoms with Gasteiger partial charge in [-0.15, -0.1) is 0 Å². The lowest BCUT2D eigenvalue weighted by Crippen LogP contribution is -2.54. The molecule has 9 heteroatoms. The lowest BCUT2D eigenvalue weighted by atomic mass is 9.73. The molecule has 0 aliphatic heterocycles. The number of halogens is 2. The summed E-state index contributed by atoms with van der Waals surface area (Å²) in [5, 5.41) is 18.9. The highest BCUT2D eigenvalue weighted by molar-refractivity contribution is 7.89. The van der Waals surface area contributed by atoms with Gasteiger partial charge >= 0.3 is 0 Å². The number of rotatable bonds is 7. The number of amides is 1. The van der Waals surface area contributed by atoms with E-state index in [1.807, 2.05) is 44.2 Å². The summed E-state index contributed by atoms with van der Waals surface area (Å²) in [5.41, 5.74) is 0.846. The number of nitrogens with one attached hydrogen (secondary N) is 1. The summed E-state index contributed by atoms with van der Waals surface area (Å²) in [4.78, 5) is 13.0. The van der Waals surface area contributed by atoms with E-state index in [9.17, 15) is 18.5 Å². The number of benzene rings is 2. The minimum Gasteiger partial charge on any atom is -0.345 e. The molecule has 3 rings (SSSR count). The maximum atomic E-state index is 13.1. The third kappa shape index (κ3) is 5.70. The Labute approximate surface area is 210 Å². The largest absolute Gasteiger partial charge is 0.345 e. The summed E-state index contributed by atoms with van der Waals surface area (Å²) in [7, 11) is -3.82. The molecule has 0 radical (unpaired) electrons. The number of allylic oxidation sites excluding steroid dienone is 2. The summed E-state index contributed by atoms with van der Waals surface area (Å²) in [6.07, 6.45) is 2.13. The monoisotopic (exact) mass is 517 g/mol. The number of primary sulfonamides is 1. The van der Waals surface area contributed by atoms with Crippen LogP contribution in [-0.4, -0.2) is 19.9 Å². The SMILES string of the molecule is CC(C)CC1(NC(=O)Cc2ccc(S(N)(=O)=O)cc2)C=C(Cl)C(c2ccccc2)=C(Cl)C1C#N. The molecule has 1 aliphatic carbocycles. The zero-order valence-electron chi connectivity index (χ0n) is 18.8. The zero-order chi connectivity index (χ0) is 25.1. The van der Waals surface area contributed by atoms with E-state index in [1.165, 1.54) is 24.3 Å². The fraction of sp³-hybridized carbons (Fsp3) is 0.280. The Bertz CT molecular complexity index is 1280. The van der Waals surface area contributed by atoms with Crippen LogP contribution >= 0.6 is 23.2 Å². The third-order valence-electron chi connectivity index (χ3n) is 5.56. The van der Waals surface area contributed by atoms with Crippen molar-refractivity contribution in [3.8, 4) is 6.07 Å². The number of hydrogen-bond acceptors (Lipinski definition) is 4. The maximum absolute atomic E-state index is 13.1. The van der Waals surface area contributed by atoms with Gasteiger partial charge in [-0.2, -0.15) is 5.26 Å². The second-order valence-electron chi connectivity index (χ2n) is 8.70. The lowest BCUT2D eigenvalue weighted by molar-refractivity contribution is -0.122. The minimum absolute atomic E-state index is 0.0266. The van der Waals surface area contributed by atoms with Crippen LogP contribution in [0.25, 0.3) is 5.57 Å². The van der Waals surface area contributed by atoms with Crippen LogP contribution in [0.5, 0.6) is 0 Å². The van der Waals surface area contributed by atoms with Gasteiger partial charge in [0.1, 0.15) is 5.92 Å². The quantitative estimate of drug-likeness (QED) is 0.553. The Balaban J connectivity index is 1.94. The Morgan fingerprint density at radius 1 is 1.15 bits per heavy atom. The first kappa shape index (κ1) is 26.0. The Kier molecular flexibility index (Phi) is 7.89. The van der Waals surface area contributed by atoms with Crippen molar-refractivity contribution in [2.24, 2.45) is 17.0 Å². The van der Waals surface area contributed by atoms with Crippen LogP contribution in [0.3, 0.4) is 0 Å². The molecular formula is C25H25Cl2N3O3S. The van der Waals surface area contributed by atoms with Crippen molar-refractivity contribution >= 4 is 44.7 Å². The maximum Gasteiger partial charge on any atom is 0.238 e. The van der Waals surface area contributed by atoms with Gasteiger partial charge in [0.15, 0.2) is 0 Å². The molecule has 0 aromatic heterocycles. The van der Waals surface area contributed by atoms with Gasteiger partial charge < -0.3 is 5.32 Å². The molecule has 0 saturated carbocycles. The predicted molar refractivity (Wildman–Crippen MR) is 134 cm³/mol. The van der Waals surface area contributed by atoms with Crippen LogP contribution in [0, 0.1) is 23.2 Å². The van der Waals surface area contributed by atoms with Crippen LogP contribution in [-0.2, 0) is 21.2 Å². The Morgan fingerprint density at radius 3 is 2.29 bits per heavy atom. The molecule has 34 heavy (non-hydrogen) atoms. The molecule has 3 N–H and O–H groups in total. The van der Waals surface area contributed by atoms with Crippen LogP contribution in [0.2, 0.25) is 0 Å². The third-order valence-corrected chi connectivity index (χ3v) is 7.19. The summed E-state index contributed by atoms with van der Waals surface area (Å²) in [6.45, 7) is 3.97. The average Bonchev–Trinajstić information content (AvgIpc) is 2.73. The van der Waals surface area contributed by atoms with Crippen molar-refractivity contribution in [2.45, 2.75) is 37.1 Å². The molecule has 0 heterocycles. The lowest BCUT2D eigenvalue weighted by Gasteiger charge is -2.41. The van der Waals surface area contributed by atoms with Crippen molar-refractivity contribution in [1.82, 2.24) is 5.32 Å². The normalized spacial score (nSPS) is 20.6. The van der Waals surface area contributed by atoms with E-state index in [1.54, 1.807) is 6.08 Å². The second-order valence-corrected chi connectivity index (χ2v) is 11.1. The topological polar surface area (TPSA) is 113 Å². The number of sulfonamides is 1. The van der Waals surface area contributed by atoms with Crippen LogP contribution in [0.1, 0.15) is 31.4 Å². The van der Waals surface area contributed by atoms with E-state index in [-0.39, 0.29) is 28.2 Å². The summed E-state index contributed by atoms with van der Waals surface area (Å²) in [5.74, 6) is -1.07. The van der Waals surface area contributed by atoms with Crippen LogP contribution in [0.4, 0.5) is 0 Å². The van der Waals surface area contributed by atoms with Gasteiger partial charge in [0.05, 0.1) is 22.9 Å². The molecule has 178 valence electrons. The fourth-order valence-electron chi connectivity index (χ4n) is 4.22. The van der Waals surface area contributed by atoms with E-state index < -0.39 is 21.5 Å². The second kappa shape index (κ2) is 10.3. The minimum atomic E-state index is -3.82. The molecule has 0 fully saturated rings. The first-order chi connectivity index (χ1) is 16.0. The van der Waals surface area contributed by atoms with Gasteiger partial charge in [-0.1, -0.05) is 79.5 Å². The van der Waals surface area contributed by atoms with Crippen molar-refractivity contribution in [3.05, 3.63) is 81.9 Å². The summed E-state index contributed by atoms with van der Waals surface area (Å²) < 4.78 is 22.9. The number of nitriles is 1. The molecule has 2 atom stereocenters. The van der Waals surface area contributed by atoms with Crippen molar-refractivity contribution in [3.63, 3.8) is 0 Å². The first-order valence-electron chi connectivity index (χ1n) is 10.6. The molecule has 2 unspecified atom stereocenters. The van der Waals surface area contributed by atoms with E-state index in [0.717, 1.165) is 5.56 Å². The summed E-state index contributed by atoms with van der Waals surface area (Å²) in [6, 6.07) is 17.3. The van der Waals surface area contributed by atoms with Gasteiger partial charge in [-0.05, 0) is 41.7 Å². The molecule has 1 aliphatic rings. The number of carbonyl (C=O) groups excluding carboxylic acids is 1. The van der Waals surface area contributed by atoms with Gasteiger partial charge in [-0.25, -0.2) is 13.6 Å². The van der Waals surface area contributed by atoms with Gasteiger partial charge in [-0.3, -0.25) is 4.79 Å². The number of nitrogens with two attached hydrogens (primary N) is 1. The molecule has 1 amide bonds. The molecule has 6 nitrogen and oxygen atoms in total. The average molecular weight is 518 g/mol. The standard InChI is InChI=1S/C25H25Cl2N3O3S/c1-16(2)13-25(30-22(31)12-17-8-10-19(11-9-17)34(29,32)33)14-21(26)23(24(27)20(25)15-28)18-6-4-3-5-7-18/h3-11,14,16,20H,12-13H2,1-2H3,(H,30,31)(H2,29,32,33). The molecule has 2 aromatic rings. The van der Waals surface area contributed by atoms with Gasteiger partial charge in [0.2, 0.25) is 15.9 Å². The number of carbonyl (C=O) groups is 1. The molecular weight excluding hydrogens is 493 g/mol. The van der Waals surface area contributed by atoms with Crippen LogP contribution < -0.4 is 10.5 Å². The van der Waals surface area contributed by atoms with E-state index in [4.69, 9.17) is 28.3 Å². The number of nitrogens with zero attached hydrogens (tertiary/aromatic N) is 1. The smallest absolute Gasteiger partial charge is 0.238 e. The van der Waals surface area contributed by atoms with Crippen molar-refractivity contribution in [2.75, 3.05) is 0 Å². The Hall–Kier alpha value is -2.63. The molecule has 2 aromatic carbocycles. The Morgan fingerprint density at radius 2 is 1.76 bits per heavy atom. The van der Waals surface area contributed by atoms with Crippen LogP contribution in [0.15, 0.2) is 75.6 Å². The van der Waals surface area contributed by atoms with E-state index >= 15 is 0 Å². The van der Waals surface area contributed by atoms with E-state index in [2.05, 4.69) is 11.4 Å². The zero-order valence-corrected chi connectivity index (χ0v) is 21.1. The first-order valence-corrected chi connectivity index (χ1v) is 12.9. The summed E-state index contributed by atoms with van der Waals surface area (Å²) >= 11 is 13.5. The number of hydrogen-bond donors (Lipinski definition) is 2. The highest BCUT2D eigenvalue weighted by Gasteiger charge is 2.45. The van der Waals surface area contributed by atoms with Crippen molar-refractivity contribution in [1.29, 1.82) is 5.26 Å². The highest BCUT2D eigenvalue weighted by Crippen LogP contribution is 2.46. The molecule has 0 spiro atoms. The highest BCUT2D eigenvalue weighted by atomic mass is 35.5. The fourth-order valence-corrected chi connectivity index (χ4v) is 5.64. The molecule has 0 saturated heterocycles. The van der Waals surface area contributed by atoms with Crippen molar-refractivity contribution < 1.29 is 13.2 Å². The molecule has 0 bridgehead atoms.